The van der Waals surface area contributed by atoms with Crippen LogP contribution < -0.4 is 11.1 Å². The molecule has 1 rings (SSSR count). The van der Waals surface area contributed by atoms with Crippen LogP contribution in [-0.4, -0.2) is 33.2 Å². The van der Waals surface area contributed by atoms with Gasteiger partial charge in [0.2, 0.25) is 5.91 Å². The number of carbonyl (C=O) groups excluding carboxylic acids is 1. The van der Waals surface area contributed by atoms with Gasteiger partial charge in [0.05, 0.1) is 10.6 Å². The number of benzene rings is 1. The predicted octanol–water partition coefficient (Wildman–Crippen LogP) is 0.946. The monoisotopic (exact) mass is 316 g/mol. The predicted molar refractivity (Wildman–Crippen MR) is 78.8 cm³/mol. The molecule has 0 saturated carbocycles. The minimum Gasteiger partial charge on any atom is -0.356 e. The number of nitrogens with one attached hydrogen (secondary N) is 1. The summed E-state index contributed by atoms with van der Waals surface area (Å²) in [5.74, 6) is -1.71. The van der Waals surface area contributed by atoms with Crippen molar-refractivity contribution in [3.63, 3.8) is 0 Å². The molecular weight excluding hydrogens is 295 g/mol. The highest BCUT2D eigenvalue weighted by atomic mass is 32.2. The Hall–Kier alpha value is -1.47. The van der Waals surface area contributed by atoms with Gasteiger partial charge in [0, 0.05) is 12.5 Å². The molecule has 0 bridgehead atoms. The van der Waals surface area contributed by atoms with E-state index in [-0.39, 0.29) is 22.5 Å². The molecule has 0 aliphatic rings. The van der Waals surface area contributed by atoms with Gasteiger partial charge in [-0.3, -0.25) is 4.79 Å². The maximum Gasteiger partial charge on any atom is 0.223 e. The average molecular weight is 316 g/mol. The van der Waals surface area contributed by atoms with Crippen LogP contribution in [0.25, 0.3) is 0 Å². The minimum absolute atomic E-state index is 0.0128. The van der Waals surface area contributed by atoms with Crippen LogP contribution >= 0.6 is 0 Å². The maximum atomic E-state index is 12.8. The zero-order valence-corrected chi connectivity index (χ0v) is 13.0. The van der Waals surface area contributed by atoms with E-state index >= 15 is 0 Å². The second-order valence-electron chi connectivity index (χ2n) is 5.22. The van der Waals surface area contributed by atoms with E-state index in [4.69, 9.17) is 5.73 Å². The maximum absolute atomic E-state index is 12.8. The molecule has 21 heavy (non-hydrogen) atoms. The molecular formula is C14H21FN2O3S. The summed E-state index contributed by atoms with van der Waals surface area (Å²) in [5, 5.41) is 2.67. The molecule has 0 saturated heterocycles. The lowest BCUT2D eigenvalue weighted by Gasteiger charge is -2.15. The van der Waals surface area contributed by atoms with Gasteiger partial charge in [-0.15, -0.1) is 0 Å². The quantitative estimate of drug-likeness (QED) is 0.733. The Labute approximate surface area is 124 Å². The molecule has 7 heteroatoms. The van der Waals surface area contributed by atoms with Gasteiger partial charge in [-0.05, 0) is 36.7 Å². The Kier molecular flexibility index (Phi) is 6.29. The Morgan fingerprint density at radius 1 is 1.29 bits per heavy atom. The SMILES string of the molecule is CC(CN)CNC(=O)C(C)CS(=O)(=O)c1ccc(F)cc1. The third kappa shape index (κ3) is 5.43. The van der Waals surface area contributed by atoms with E-state index in [1.807, 2.05) is 6.92 Å². The summed E-state index contributed by atoms with van der Waals surface area (Å²) >= 11 is 0. The Bertz CT molecular complexity index is 572. The lowest BCUT2D eigenvalue weighted by molar-refractivity contribution is -0.124. The van der Waals surface area contributed by atoms with Gasteiger partial charge in [0.1, 0.15) is 5.82 Å². The van der Waals surface area contributed by atoms with Crippen molar-refractivity contribution in [3.05, 3.63) is 30.1 Å². The standard InChI is InChI=1S/C14H21FN2O3S/c1-10(7-16)8-17-14(18)11(2)9-21(19,20)13-5-3-12(15)4-6-13/h3-6,10-11H,7-9,16H2,1-2H3,(H,17,18). The van der Waals surface area contributed by atoms with E-state index in [1.54, 1.807) is 6.92 Å². The Balaban J connectivity index is 2.66. The molecule has 1 aromatic rings. The fourth-order valence-corrected chi connectivity index (χ4v) is 3.23. The molecule has 5 nitrogen and oxygen atoms in total. The minimum atomic E-state index is -3.62. The Morgan fingerprint density at radius 3 is 2.38 bits per heavy atom. The van der Waals surface area contributed by atoms with Crippen LogP contribution in [0.15, 0.2) is 29.2 Å². The van der Waals surface area contributed by atoms with Crippen LogP contribution in [0, 0.1) is 17.7 Å². The summed E-state index contributed by atoms with van der Waals surface area (Å²) in [5.41, 5.74) is 5.45. The van der Waals surface area contributed by atoms with Gasteiger partial charge >= 0.3 is 0 Å². The molecule has 118 valence electrons. The van der Waals surface area contributed by atoms with E-state index in [0.717, 1.165) is 12.1 Å². The van der Waals surface area contributed by atoms with Crippen molar-refractivity contribution in [2.45, 2.75) is 18.7 Å². The van der Waals surface area contributed by atoms with Crippen molar-refractivity contribution < 1.29 is 17.6 Å². The number of halogens is 1. The first-order chi connectivity index (χ1) is 9.76. The van der Waals surface area contributed by atoms with Crippen molar-refractivity contribution in [1.29, 1.82) is 0 Å². The van der Waals surface area contributed by atoms with Gasteiger partial charge < -0.3 is 11.1 Å². The second kappa shape index (κ2) is 7.51. The number of amides is 1. The van der Waals surface area contributed by atoms with Gasteiger partial charge in [-0.25, -0.2) is 12.8 Å². The molecule has 0 heterocycles. The number of carbonyl (C=O) groups is 1. The van der Waals surface area contributed by atoms with E-state index in [1.165, 1.54) is 12.1 Å². The lowest BCUT2D eigenvalue weighted by Crippen LogP contribution is -2.37. The summed E-state index contributed by atoms with van der Waals surface area (Å²) < 4.78 is 37.1. The van der Waals surface area contributed by atoms with Gasteiger partial charge in [-0.1, -0.05) is 13.8 Å². The van der Waals surface area contributed by atoms with Crippen LogP contribution in [-0.2, 0) is 14.6 Å². The van der Waals surface area contributed by atoms with Crippen molar-refractivity contribution in [2.24, 2.45) is 17.6 Å². The summed E-state index contributed by atoms with van der Waals surface area (Å²) in [6.45, 7) is 4.29. The molecule has 1 aromatic carbocycles. The fraction of sp³-hybridized carbons (Fsp3) is 0.500. The highest BCUT2D eigenvalue weighted by Gasteiger charge is 2.23. The van der Waals surface area contributed by atoms with Crippen molar-refractivity contribution in [2.75, 3.05) is 18.8 Å². The molecule has 2 unspecified atom stereocenters. The molecule has 0 aromatic heterocycles. The number of sulfone groups is 1. The zero-order valence-electron chi connectivity index (χ0n) is 12.2. The lowest BCUT2D eigenvalue weighted by atomic mass is 10.1. The summed E-state index contributed by atoms with van der Waals surface area (Å²) in [6.07, 6.45) is 0. The molecule has 3 N–H and O–H groups in total. The molecule has 0 fully saturated rings. The number of nitrogens with two attached hydrogens (primary N) is 1. The molecule has 0 aliphatic carbocycles. The Morgan fingerprint density at radius 2 is 1.86 bits per heavy atom. The molecule has 2 atom stereocenters. The van der Waals surface area contributed by atoms with E-state index in [0.29, 0.717) is 13.1 Å². The number of hydrogen-bond donors (Lipinski definition) is 2. The largest absolute Gasteiger partial charge is 0.356 e. The van der Waals surface area contributed by atoms with Crippen LogP contribution in [0.5, 0.6) is 0 Å². The smallest absolute Gasteiger partial charge is 0.223 e. The van der Waals surface area contributed by atoms with Crippen LogP contribution in [0.4, 0.5) is 4.39 Å². The van der Waals surface area contributed by atoms with Crippen LogP contribution in [0.3, 0.4) is 0 Å². The molecule has 0 radical (unpaired) electrons. The van der Waals surface area contributed by atoms with Crippen molar-refractivity contribution >= 4 is 15.7 Å². The molecule has 1 amide bonds. The third-order valence-corrected chi connectivity index (χ3v) is 5.05. The van der Waals surface area contributed by atoms with E-state index < -0.39 is 21.6 Å². The summed E-state index contributed by atoms with van der Waals surface area (Å²) in [4.78, 5) is 11.9. The van der Waals surface area contributed by atoms with Crippen molar-refractivity contribution in [1.82, 2.24) is 5.32 Å². The third-order valence-electron chi connectivity index (χ3n) is 3.12. The first-order valence-corrected chi connectivity index (χ1v) is 8.37. The highest BCUT2D eigenvalue weighted by molar-refractivity contribution is 7.91. The average Bonchev–Trinajstić information content (AvgIpc) is 2.44. The van der Waals surface area contributed by atoms with E-state index in [2.05, 4.69) is 5.32 Å². The highest BCUT2D eigenvalue weighted by Crippen LogP contribution is 2.15. The topological polar surface area (TPSA) is 89.3 Å². The fourth-order valence-electron chi connectivity index (χ4n) is 1.68. The van der Waals surface area contributed by atoms with Crippen LogP contribution in [0.2, 0.25) is 0 Å². The van der Waals surface area contributed by atoms with Crippen molar-refractivity contribution in [3.8, 4) is 0 Å². The van der Waals surface area contributed by atoms with Crippen LogP contribution in [0.1, 0.15) is 13.8 Å². The van der Waals surface area contributed by atoms with Gasteiger partial charge in [0.15, 0.2) is 9.84 Å². The number of hydrogen-bond acceptors (Lipinski definition) is 4. The first kappa shape index (κ1) is 17.6. The zero-order chi connectivity index (χ0) is 16.0. The summed E-state index contributed by atoms with van der Waals surface area (Å²) in [7, 11) is -3.62. The molecule has 0 spiro atoms. The molecule has 0 aliphatic heterocycles. The second-order valence-corrected chi connectivity index (χ2v) is 7.26. The van der Waals surface area contributed by atoms with Gasteiger partial charge in [-0.2, -0.15) is 0 Å². The summed E-state index contributed by atoms with van der Waals surface area (Å²) in [6, 6.07) is 4.57. The van der Waals surface area contributed by atoms with E-state index in [9.17, 15) is 17.6 Å². The number of rotatable bonds is 7. The van der Waals surface area contributed by atoms with Gasteiger partial charge in [0.25, 0.3) is 0 Å². The normalized spacial score (nSPS) is 14.5. The first-order valence-electron chi connectivity index (χ1n) is 6.72.